The molecule has 1 rings (SSSR count). The lowest BCUT2D eigenvalue weighted by atomic mass is 10.0. The van der Waals surface area contributed by atoms with Crippen molar-refractivity contribution < 1.29 is 18.0 Å². The van der Waals surface area contributed by atoms with Crippen LogP contribution in [0.3, 0.4) is 0 Å². The minimum absolute atomic E-state index is 0.0833. The summed E-state index contributed by atoms with van der Waals surface area (Å²) in [5.74, 6) is -1.38. The van der Waals surface area contributed by atoms with Crippen molar-refractivity contribution in [2.45, 2.75) is 18.6 Å². The Morgan fingerprint density at radius 2 is 2.06 bits per heavy atom. The van der Waals surface area contributed by atoms with Gasteiger partial charge in [0, 0.05) is 5.69 Å². The van der Waals surface area contributed by atoms with Crippen LogP contribution >= 0.6 is 0 Å². The van der Waals surface area contributed by atoms with E-state index in [2.05, 4.69) is 0 Å². The van der Waals surface area contributed by atoms with Crippen LogP contribution in [-0.4, -0.2) is 17.6 Å². The average Bonchev–Trinajstić information content (AvgIpc) is 2.27. The Morgan fingerprint density at radius 3 is 2.56 bits per heavy atom. The second kappa shape index (κ2) is 4.66. The zero-order valence-corrected chi connectivity index (χ0v) is 9.38. The Morgan fingerprint density at radius 1 is 1.44 bits per heavy atom. The zero-order valence-electron chi connectivity index (χ0n) is 9.38. The third kappa shape index (κ3) is 2.78. The lowest BCUT2D eigenvalue weighted by Gasteiger charge is -2.26. The molecule has 0 saturated carbocycles. The van der Waals surface area contributed by atoms with E-state index in [4.69, 9.17) is 11.0 Å². The molecule has 0 aliphatic heterocycles. The SMILES string of the molecule is CC(N)(C(=O)Nc1cccc(C#N)c1)C(F)(F)F. The predicted molar refractivity (Wildman–Crippen MR) is 58.4 cm³/mol. The number of anilines is 1. The number of carbonyl (C=O) groups is 1. The van der Waals surface area contributed by atoms with Crippen molar-refractivity contribution >= 4 is 11.6 Å². The molecule has 0 aliphatic carbocycles. The van der Waals surface area contributed by atoms with Gasteiger partial charge in [-0.1, -0.05) is 6.07 Å². The molecule has 1 aromatic rings. The van der Waals surface area contributed by atoms with Crippen LogP contribution in [-0.2, 0) is 4.79 Å². The van der Waals surface area contributed by atoms with Crippen molar-refractivity contribution in [3.63, 3.8) is 0 Å². The fourth-order valence-corrected chi connectivity index (χ4v) is 1.06. The van der Waals surface area contributed by atoms with Gasteiger partial charge in [0.1, 0.15) is 0 Å². The summed E-state index contributed by atoms with van der Waals surface area (Å²) in [7, 11) is 0. The largest absolute Gasteiger partial charge is 0.415 e. The van der Waals surface area contributed by atoms with Gasteiger partial charge >= 0.3 is 6.18 Å². The van der Waals surface area contributed by atoms with Gasteiger partial charge in [0.15, 0.2) is 5.54 Å². The van der Waals surface area contributed by atoms with Gasteiger partial charge in [0.05, 0.1) is 11.6 Å². The molecule has 0 fully saturated rings. The number of benzene rings is 1. The van der Waals surface area contributed by atoms with Gasteiger partial charge in [0.2, 0.25) is 0 Å². The van der Waals surface area contributed by atoms with Crippen molar-refractivity contribution in [3.05, 3.63) is 29.8 Å². The Hall–Kier alpha value is -2.07. The fraction of sp³-hybridized carbons (Fsp3) is 0.273. The molecule has 0 aliphatic rings. The molecule has 1 unspecified atom stereocenters. The molecule has 18 heavy (non-hydrogen) atoms. The van der Waals surface area contributed by atoms with Gasteiger partial charge in [-0.15, -0.1) is 0 Å². The number of nitrogens with zero attached hydrogens (tertiary/aromatic N) is 1. The quantitative estimate of drug-likeness (QED) is 0.847. The molecule has 0 bridgehead atoms. The summed E-state index contributed by atoms with van der Waals surface area (Å²) >= 11 is 0. The predicted octanol–water partition coefficient (Wildman–Crippen LogP) is 1.78. The van der Waals surface area contributed by atoms with Crippen molar-refractivity contribution in [1.82, 2.24) is 0 Å². The maximum atomic E-state index is 12.5. The molecule has 0 saturated heterocycles. The molecule has 7 heteroatoms. The van der Waals surface area contributed by atoms with E-state index in [-0.39, 0.29) is 11.3 Å². The molecule has 0 aromatic heterocycles. The first kappa shape index (κ1) is 14.0. The van der Waals surface area contributed by atoms with Crippen LogP contribution in [0.4, 0.5) is 18.9 Å². The molecule has 3 N–H and O–H groups in total. The van der Waals surface area contributed by atoms with Crippen LogP contribution in [0.15, 0.2) is 24.3 Å². The number of nitrogens with two attached hydrogens (primary N) is 1. The highest BCUT2D eigenvalue weighted by atomic mass is 19.4. The lowest BCUT2D eigenvalue weighted by Crippen LogP contribution is -2.59. The number of nitrogens with one attached hydrogen (secondary N) is 1. The second-order valence-corrected chi connectivity index (χ2v) is 3.85. The van der Waals surface area contributed by atoms with Crippen LogP contribution in [0.2, 0.25) is 0 Å². The van der Waals surface area contributed by atoms with Crippen LogP contribution in [0.1, 0.15) is 12.5 Å². The monoisotopic (exact) mass is 257 g/mol. The van der Waals surface area contributed by atoms with Crippen LogP contribution in [0.5, 0.6) is 0 Å². The smallest absolute Gasteiger partial charge is 0.324 e. The van der Waals surface area contributed by atoms with Crippen molar-refractivity contribution in [2.24, 2.45) is 5.73 Å². The van der Waals surface area contributed by atoms with Gasteiger partial charge in [0.25, 0.3) is 5.91 Å². The molecule has 4 nitrogen and oxygen atoms in total. The Labute approximate surface area is 101 Å². The standard InChI is InChI=1S/C11H10F3N3O/c1-10(16,11(12,13)14)9(18)17-8-4-2-3-7(5-8)6-15/h2-5H,16H2,1H3,(H,17,18). The van der Waals surface area contributed by atoms with E-state index in [1.807, 2.05) is 5.32 Å². The van der Waals surface area contributed by atoms with Crippen molar-refractivity contribution in [3.8, 4) is 6.07 Å². The summed E-state index contributed by atoms with van der Waals surface area (Å²) in [5, 5.41) is 10.6. The van der Waals surface area contributed by atoms with Gasteiger partial charge in [-0.05, 0) is 25.1 Å². The van der Waals surface area contributed by atoms with Crippen LogP contribution < -0.4 is 11.1 Å². The lowest BCUT2D eigenvalue weighted by molar-refractivity contribution is -0.184. The van der Waals surface area contributed by atoms with Crippen molar-refractivity contribution in [1.29, 1.82) is 5.26 Å². The molecule has 1 aromatic carbocycles. The van der Waals surface area contributed by atoms with E-state index >= 15 is 0 Å². The van der Waals surface area contributed by atoms with E-state index in [0.717, 1.165) is 0 Å². The summed E-state index contributed by atoms with van der Waals surface area (Å²) in [6.07, 6.45) is -4.86. The van der Waals surface area contributed by atoms with E-state index in [1.54, 1.807) is 6.07 Å². The molecule has 1 atom stereocenters. The minimum Gasteiger partial charge on any atom is -0.324 e. The second-order valence-electron chi connectivity index (χ2n) is 3.85. The first-order valence-corrected chi connectivity index (χ1v) is 4.85. The molecular formula is C11H10F3N3O. The van der Waals surface area contributed by atoms with E-state index in [1.165, 1.54) is 24.3 Å². The zero-order chi connectivity index (χ0) is 14.0. The van der Waals surface area contributed by atoms with Gasteiger partial charge in [-0.2, -0.15) is 18.4 Å². The summed E-state index contributed by atoms with van der Waals surface area (Å²) in [6, 6.07) is 7.32. The molecule has 0 spiro atoms. The number of hydrogen-bond acceptors (Lipinski definition) is 3. The Kier molecular flexibility index (Phi) is 3.62. The highest BCUT2D eigenvalue weighted by Crippen LogP contribution is 2.29. The highest BCUT2D eigenvalue weighted by Gasteiger charge is 2.53. The topological polar surface area (TPSA) is 78.9 Å². The van der Waals surface area contributed by atoms with Gasteiger partial charge in [-0.3, -0.25) is 4.79 Å². The van der Waals surface area contributed by atoms with Crippen LogP contribution in [0, 0.1) is 11.3 Å². The first-order valence-electron chi connectivity index (χ1n) is 4.85. The molecule has 0 heterocycles. The maximum absolute atomic E-state index is 12.5. The number of carbonyl (C=O) groups excluding carboxylic acids is 1. The number of nitriles is 1. The van der Waals surface area contributed by atoms with E-state index in [9.17, 15) is 18.0 Å². The Bertz CT molecular complexity index is 503. The number of hydrogen-bond donors (Lipinski definition) is 2. The molecule has 96 valence electrons. The molecular weight excluding hydrogens is 247 g/mol. The highest BCUT2D eigenvalue weighted by molar-refractivity contribution is 5.98. The number of halogens is 3. The average molecular weight is 257 g/mol. The van der Waals surface area contributed by atoms with E-state index in [0.29, 0.717) is 6.92 Å². The van der Waals surface area contributed by atoms with Gasteiger partial charge < -0.3 is 11.1 Å². The third-order valence-electron chi connectivity index (χ3n) is 2.31. The number of amides is 1. The number of rotatable bonds is 2. The van der Waals surface area contributed by atoms with E-state index < -0.39 is 17.6 Å². The summed E-state index contributed by atoms with van der Waals surface area (Å²) in [4.78, 5) is 11.4. The normalized spacial score (nSPS) is 14.4. The van der Waals surface area contributed by atoms with Crippen LogP contribution in [0.25, 0.3) is 0 Å². The Balaban J connectivity index is 2.92. The maximum Gasteiger partial charge on any atom is 0.415 e. The van der Waals surface area contributed by atoms with Gasteiger partial charge in [-0.25, -0.2) is 0 Å². The summed E-state index contributed by atoms with van der Waals surface area (Å²) < 4.78 is 37.5. The summed E-state index contributed by atoms with van der Waals surface area (Å²) in [6.45, 7) is 0.580. The summed E-state index contributed by atoms with van der Waals surface area (Å²) in [5.41, 5.74) is 2.27. The molecule has 1 amide bonds. The number of alkyl halides is 3. The fourth-order valence-electron chi connectivity index (χ4n) is 1.06. The third-order valence-corrected chi connectivity index (χ3v) is 2.31. The first-order chi connectivity index (χ1) is 8.18. The minimum atomic E-state index is -4.86. The van der Waals surface area contributed by atoms with Crippen molar-refractivity contribution in [2.75, 3.05) is 5.32 Å². The molecule has 0 radical (unpaired) electrons.